The second kappa shape index (κ2) is 6.74. The van der Waals surface area contributed by atoms with E-state index < -0.39 is 5.97 Å². The topological polar surface area (TPSA) is 68.5 Å². The molecule has 21 heavy (non-hydrogen) atoms. The van der Waals surface area contributed by atoms with E-state index >= 15 is 0 Å². The SMILES string of the molecule is Cc1ccn(CCC(=O)O)c(=O)c1OCc1ccccc1. The summed E-state index contributed by atoms with van der Waals surface area (Å²) in [6, 6.07) is 11.3. The van der Waals surface area contributed by atoms with E-state index in [0.717, 1.165) is 11.1 Å². The lowest BCUT2D eigenvalue weighted by atomic mass is 10.2. The molecule has 0 radical (unpaired) electrons. The summed E-state index contributed by atoms with van der Waals surface area (Å²) in [7, 11) is 0. The van der Waals surface area contributed by atoms with Gasteiger partial charge in [-0.3, -0.25) is 9.59 Å². The van der Waals surface area contributed by atoms with Gasteiger partial charge in [-0.1, -0.05) is 30.3 Å². The number of aryl methyl sites for hydroxylation is 2. The monoisotopic (exact) mass is 287 g/mol. The normalized spacial score (nSPS) is 10.3. The molecule has 0 unspecified atom stereocenters. The van der Waals surface area contributed by atoms with Crippen LogP contribution in [0.3, 0.4) is 0 Å². The van der Waals surface area contributed by atoms with Crippen LogP contribution in [0.25, 0.3) is 0 Å². The van der Waals surface area contributed by atoms with Crippen LogP contribution in [0.2, 0.25) is 0 Å². The number of hydrogen-bond donors (Lipinski definition) is 1. The number of rotatable bonds is 6. The first kappa shape index (κ1) is 14.8. The predicted octanol–water partition coefficient (Wildman–Crippen LogP) is 2.21. The molecular formula is C16H17NO4. The fourth-order valence-electron chi connectivity index (χ4n) is 1.94. The average Bonchev–Trinajstić information content (AvgIpc) is 2.47. The van der Waals surface area contributed by atoms with Gasteiger partial charge in [-0.2, -0.15) is 0 Å². The third-order valence-corrected chi connectivity index (χ3v) is 3.11. The van der Waals surface area contributed by atoms with Crippen LogP contribution in [-0.4, -0.2) is 15.6 Å². The molecule has 0 spiro atoms. The van der Waals surface area contributed by atoms with Crippen LogP contribution >= 0.6 is 0 Å². The number of nitrogens with zero attached hydrogens (tertiary/aromatic N) is 1. The Balaban J connectivity index is 2.16. The average molecular weight is 287 g/mol. The van der Waals surface area contributed by atoms with E-state index in [2.05, 4.69) is 0 Å². The van der Waals surface area contributed by atoms with Crippen LogP contribution in [0, 0.1) is 6.92 Å². The molecule has 5 nitrogen and oxygen atoms in total. The van der Waals surface area contributed by atoms with Crippen molar-refractivity contribution in [2.45, 2.75) is 26.5 Å². The van der Waals surface area contributed by atoms with Crippen molar-refractivity contribution in [2.75, 3.05) is 0 Å². The van der Waals surface area contributed by atoms with Gasteiger partial charge in [0.05, 0.1) is 6.42 Å². The quantitative estimate of drug-likeness (QED) is 0.884. The summed E-state index contributed by atoms with van der Waals surface area (Å²) in [5.41, 5.74) is 1.41. The number of pyridine rings is 1. The second-order valence-corrected chi connectivity index (χ2v) is 4.74. The van der Waals surface area contributed by atoms with Crippen molar-refractivity contribution in [3.05, 3.63) is 64.1 Å². The molecule has 0 aliphatic rings. The largest absolute Gasteiger partial charge is 0.483 e. The maximum atomic E-state index is 12.3. The van der Waals surface area contributed by atoms with Crippen molar-refractivity contribution < 1.29 is 14.6 Å². The minimum atomic E-state index is -0.936. The maximum Gasteiger partial charge on any atom is 0.305 e. The van der Waals surface area contributed by atoms with E-state index in [1.807, 2.05) is 30.3 Å². The standard InChI is InChI=1S/C16H17NO4/c1-12-7-9-17(10-8-14(18)19)16(20)15(12)21-11-13-5-3-2-4-6-13/h2-7,9H,8,10-11H2,1H3,(H,18,19). The fraction of sp³-hybridized carbons (Fsp3) is 0.250. The van der Waals surface area contributed by atoms with Gasteiger partial charge in [0.15, 0.2) is 5.75 Å². The molecule has 0 fully saturated rings. The number of hydrogen-bond acceptors (Lipinski definition) is 3. The summed E-state index contributed by atoms with van der Waals surface area (Å²) >= 11 is 0. The van der Waals surface area contributed by atoms with E-state index in [9.17, 15) is 9.59 Å². The number of carboxylic acid groups (broad SMARTS) is 1. The Kier molecular flexibility index (Phi) is 4.77. The summed E-state index contributed by atoms with van der Waals surface area (Å²) in [5, 5.41) is 8.69. The second-order valence-electron chi connectivity index (χ2n) is 4.74. The molecule has 110 valence electrons. The highest BCUT2D eigenvalue weighted by molar-refractivity contribution is 5.66. The van der Waals surface area contributed by atoms with Gasteiger partial charge in [0.2, 0.25) is 0 Å². The third-order valence-electron chi connectivity index (χ3n) is 3.11. The molecule has 0 aliphatic carbocycles. The molecule has 5 heteroatoms. The highest BCUT2D eigenvalue weighted by atomic mass is 16.5. The lowest BCUT2D eigenvalue weighted by Gasteiger charge is -2.11. The maximum absolute atomic E-state index is 12.3. The Morgan fingerprint density at radius 2 is 1.95 bits per heavy atom. The van der Waals surface area contributed by atoms with Gasteiger partial charge in [0.25, 0.3) is 5.56 Å². The molecule has 2 rings (SSSR count). The molecule has 1 aromatic carbocycles. The van der Waals surface area contributed by atoms with Crippen LogP contribution in [0.15, 0.2) is 47.4 Å². The molecule has 2 aromatic rings. The predicted molar refractivity (Wildman–Crippen MR) is 78.5 cm³/mol. The lowest BCUT2D eigenvalue weighted by Crippen LogP contribution is -2.23. The number of ether oxygens (including phenoxy) is 1. The van der Waals surface area contributed by atoms with E-state index in [-0.39, 0.29) is 24.3 Å². The first-order chi connectivity index (χ1) is 10.1. The van der Waals surface area contributed by atoms with Crippen molar-refractivity contribution in [1.29, 1.82) is 0 Å². The molecule has 0 bridgehead atoms. The zero-order chi connectivity index (χ0) is 15.2. The number of carbonyl (C=O) groups is 1. The van der Waals surface area contributed by atoms with E-state index in [4.69, 9.17) is 9.84 Å². The molecule has 0 saturated heterocycles. The fourth-order valence-corrected chi connectivity index (χ4v) is 1.94. The molecule has 1 heterocycles. The zero-order valence-electron chi connectivity index (χ0n) is 11.8. The number of aromatic nitrogens is 1. The van der Waals surface area contributed by atoms with Gasteiger partial charge < -0.3 is 14.4 Å². The minimum absolute atomic E-state index is 0.0961. The summed E-state index contributed by atoms with van der Waals surface area (Å²) in [6.07, 6.45) is 1.50. The van der Waals surface area contributed by atoms with Crippen molar-refractivity contribution in [3.8, 4) is 5.75 Å². The summed E-state index contributed by atoms with van der Waals surface area (Å²) in [5.74, 6) is -0.666. The Morgan fingerprint density at radius 3 is 2.62 bits per heavy atom. The molecule has 0 saturated carbocycles. The van der Waals surface area contributed by atoms with E-state index in [1.165, 1.54) is 4.57 Å². The van der Waals surface area contributed by atoms with Gasteiger partial charge in [0, 0.05) is 12.7 Å². The van der Waals surface area contributed by atoms with Crippen molar-refractivity contribution in [2.24, 2.45) is 0 Å². The van der Waals surface area contributed by atoms with Crippen molar-refractivity contribution >= 4 is 5.97 Å². The minimum Gasteiger partial charge on any atom is -0.483 e. The Labute approximate surface area is 122 Å². The highest BCUT2D eigenvalue weighted by Gasteiger charge is 2.10. The van der Waals surface area contributed by atoms with E-state index in [1.54, 1.807) is 19.2 Å². The number of benzene rings is 1. The van der Waals surface area contributed by atoms with Crippen LogP contribution in [0.4, 0.5) is 0 Å². The van der Waals surface area contributed by atoms with Crippen LogP contribution < -0.4 is 10.3 Å². The summed E-state index contributed by atoms with van der Waals surface area (Å²) < 4.78 is 6.98. The lowest BCUT2D eigenvalue weighted by molar-refractivity contribution is -0.137. The Morgan fingerprint density at radius 1 is 1.24 bits per heavy atom. The Hall–Kier alpha value is -2.56. The molecule has 0 atom stereocenters. The van der Waals surface area contributed by atoms with Crippen LogP contribution in [0.5, 0.6) is 5.75 Å². The molecule has 1 aromatic heterocycles. The first-order valence-corrected chi connectivity index (χ1v) is 6.66. The van der Waals surface area contributed by atoms with Crippen molar-refractivity contribution in [1.82, 2.24) is 4.57 Å². The van der Waals surface area contributed by atoms with Gasteiger partial charge in [0.1, 0.15) is 6.61 Å². The number of aliphatic carboxylic acids is 1. The first-order valence-electron chi connectivity index (χ1n) is 6.66. The van der Waals surface area contributed by atoms with Gasteiger partial charge in [-0.15, -0.1) is 0 Å². The molecule has 1 N–H and O–H groups in total. The highest BCUT2D eigenvalue weighted by Crippen LogP contribution is 2.13. The zero-order valence-corrected chi connectivity index (χ0v) is 11.8. The van der Waals surface area contributed by atoms with Gasteiger partial charge in [-0.25, -0.2) is 0 Å². The van der Waals surface area contributed by atoms with Crippen molar-refractivity contribution in [3.63, 3.8) is 0 Å². The van der Waals surface area contributed by atoms with Crippen LogP contribution in [-0.2, 0) is 17.9 Å². The smallest absolute Gasteiger partial charge is 0.305 e. The number of carboxylic acids is 1. The van der Waals surface area contributed by atoms with Gasteiger partial charge >= 0.3 is 5.97 Å². The molecule has 0 amide bonds. The molecule has 0 aliphatic heterocycles. The van der Waals surface area contributed by atoms with Crippen LogP contribution in [0.1, 0.15) is 17.5 Å². The third kappa shape index (κ3) is 3.95. The molecular weight excluding hydrogens is 270 g/mol. The summed E-state index contributed by atoms with van der Waals surface area (Å²) in [6.45, 7) is 2.24. The van der Waals surface area contributed by atoms with E-state index in [0.29, 0.717) is 6.61 Å². The summed E-state index contributed by atoms with van der Waals surface area (Å²) in [4.78, 5) is 22.9. The Bertz CT molecular complexity index is 676. The van der Waals surface area contributed by atoms with Gasteiger partial charge in [-0.05, 0) is 24.1 Å².